The lowest BCUT2D eigenvalue weighted by molar-refractivity contribution is 0.0735. The van der Waals surface area contributed by atoms with Crippen molar-refractivity contribution in [2.45, 2.75) is 25.6 Å². The van der Waals surface area contributed by atoms with Crippen LogP contribution >= 0.6 is 12.4 Å². The third kappa shape index (κ3) is 4.82. The normalized spacial score (nSPS) is 17.1. The van der Waals surface area contributed by atoms with E-state index < -0.39 is 0 Å². The number of likely N-dealkylation sites (N-methyl/N-ethyl adjacent to an activating group) is 1. The van der Waals surface area contributed by atoms with Gasteiger partial charge in [0.1, 0.15) is 0 Å². The molecule has 2 N–H and O–H groups in total. The van der Waals surface area contributed by atoms with E-state index in [1.807, 2.05) is 42.3 Å². The summed E-state index contributed by atoms with van der Waals surface area (Å²) in [5.74, 6) is 0.0881. The minimum Gasteiger partial charge on any atom is -0.337 e. The molecular weight excluding hydrogens is 334 g/mol. The molecule has 2 aromatic carbocycles. The van der Waals surface area contributed by atoms with Gasteiger partial charge in [-0.05, 0) is 29.7 Å². The van der Waals surface area contributed by atoms with E-state index in [1.165, 1.54) is 5.56 Å². The highest BCUT2D eigenvalue weighted by atomic mass is 35.5. The van der Waals surface area contributed by atoms with Crippen molar-refractivity contribution in [2.24, 2.45) is 5.73 Å². The average Bonchev–Trinajstić information content (AvgIpc) is 3.10. The molecule has 1 heterocycles. The fourth-order valence-electron chi connectivity index (χ4n) is 3.27. The molecule has 1 atom stereocenters. The lowest BCUT2D eigenvalue weighted by Gasteiger charge is -2.25. The first-order chi connectivity index (χ1) is 11.7. The molecule has 0 aromatic heterocycles. The van der Waals surface area contributed by atoms with Crippen molar-refractivity contribution < 1.29 is 4.79 Å². The van der Waals surface area contributed by atoms with E-state index in [9.17, 15) is 4.79 Å². The molecule has 0 radical (unpaired) electrons. The standard InChI is InChI=1S/C20H25N3O.ClH/c1-22(20(24)18-9-7-16(13-21)8-10-18)19-11-12-23(15-19)14-17-5-3-2-4-6-17;/h2-10,19H,11-15,21H2,1H3;1H. The number of nitrogens with zero attached hydrogens (tertiary/aromatic N) is 2. The van der Waals surface area contributed by atoms with Gasteiger partial charge < -0.3 is 10.6 Å². The zero-order valence-corrected chi connectivity index (χ0v) is 15.4. The zero-order valence-electron chi connectivity index (χ0n) is 14.6. The van der Waals surface area contributed by atoms with E-state index >= 15 is 0 Å². The van der Waals surface area contributed by atoms with E-state index in [-0.39, 0.29) is 24.4 Å². The summed E-state index contributed by atoms with van der Waals surface area (Å²) in [5.41, 5.74) is 8.71. The van der Waals surface area contributed by atoms with Crippen LogP contribution in [-0.4, -0.2) is 41.9 Å². The SMILES string of the molecule is CN(C(=O)c1ccc(CN)cc1)C1CCN(Cc2ccccc2)C1.Cl. The Morgan fingerprint density at radius 2 is 1.80 bits per heavy atom. The van der Waals surface area contributed by atoms with Crippen LogP contribution in [0.5, 0.6) is 0 Å². The quantitative estimate of drug-likeness (QED) is 0.893. The number of rotatable bonds is 5. The van der Waals surface area contributed by atoms with E-state index in [0.717, 1.165) is 37.2 Å². The number of nitrogens with two attached hydrogens (primary N) is 1. The molecule has 1 unspecified atom stereocenters. The van der Waals surface area contributed by atoms with Crippen LogP contribution < -0.4 is 5.73 Å². The van der Waals surface area contributed by atoms with Crippen molar-refractivity contribution in [3.05, 3.63) is 71.3 Å². The number of carbonyl (C=O) groups is 1. The molecule has 1 amide bonds. The third-order valence-electron chi connectivity index (χ3n) is 4.80. The van der Waals surface area contributed by atoms with E-state index in [4.69, 9.17) is 5.73 Å². The second-order valence-corrected chi connectivity index (χ2v) is 6.48. The summed E-state index contributed by atoms with van der Waals surface area (Å²) in [7, 11) is 1.91. The lowest BCUT2D eigenvalue weighted by Crippen LogP contribution is -2.38. The number of halogens is 1. The number of benzene rings is 2. The van der Waals surface area contributed by atoms with Crippen molar-refractivity contribution in [1.82, 2.24) is 9.80 Å². The second-order valence-electron chi connectivity index (χ2n) is 6.48. The molecule has 1 saturated heterocycles. The largest absolute Gasteiger partial charge is 0.337 e. The van der Waals surface area contributed by atoms with Gasteiger partial charge in [0, 0.05) is 44.8 Å². The summed E-state index contributed by atoms with van der Waals surface area (Å²) in [5, 5.41) is 0. The molecular formula is C20H26ClN3O. The van der Waals surface area contributed by atoms with Gasteiger partial charge in [0.15, 0.2) is 0 Å². The molecule has 0 saturated carbocycles. The molecule has 1 aliphatic heterocycles. The molecule has 2 aromatic rings. The first-order valence-electron chi connectivity index (χ1n) is 8.50. The highest BCUT2D eigenvalue weighted by molar-refractivity contribution is 5.94. The predicted octanol–water partition coefficient (Wildman–Crippen LogP) is 2.91. The van der Waals surface area contributed by atoms with Gasteiger partial charge in [-0.25, -0.2) is 0 Å². The fourth-order valence-corrected chi connectivity index (χ4v) is 3.27. The molecule has 5 heteroatoms. The van der Waals surface area contributed by atoms with Crippen molar-refractivity contribution in [3.8, 4) is 0 Å². The molecule has 0 bridgehead atoms. The van der Waals surface area contributed by atoms with E-state index in [0.29, 0.717) is 6.54 Å². The van der Waals surface area contributed by atoms with Crippen molar-refractivity contribution in [3.63, 3.8) is 0 Å². The third-order valence-corrected chi connectivity index (χ3v) is 4.80. The molecule has 0 spiro atoms. The van der Waals surface area contributed by atoms with E-state index in [1.54, 1.807) is 0 Å². The molecule has 1 fully saturated rings. The van der Waals surface area contributed by atoms with Gasteiger partial charge in [-0.1, -0.05) is 42.5 Å². The van der Waals surface area contributed by atoms with Crippen LogP contribution in [0.25, 0.3) is 0 Å². The van der Waals surface area contributed by atoms with Crippen molar-refractivity contribution in [1.29, 1.82) is 0 Å². The Hall–Kier alpha value is -1.88. The van der Waals surface area contributed by atoms with Crippen molar-refractivity contribution in [2.75, 3.05) is 20.1 Å². The van der Waals surface area contributed by atoms with Crippen LogP contribution in [0, 0.1) is 0 Å². The average molecular weight is 360 g/mol. The van der Waals surface area contributed by atoms with Crippen LogP contribution in [0.4, 0.5) is 0 Å². The van der Waals surface area contributed by atoms with Crippen molar-refractivity contribution >= 4 is 18.3 Å². The Labute approximate surface area is 156 Å². The van der Waals surface area contributed by atoms with Crippen LogP contribution in [0.15, 0.2) is 54.6 Å². The summed E-state index contributed by atoms with van der Waals surface area (Å²) >= 11 is 0. The van der Waals surface area contributed by atoms with Gasteiger partial charge >= 0.3 is 0 Å². The highest BCUT2D eigenvalue weighted by Crippen LogP contribution is 2.19. The number of hydrogen-bond donors (Lipinski definition) is 1. The summed E-state index contributed by atoms with van der Waals surface area (Å²) in [6, 6.07) is 18.4. The van der Waals surface area contributed by atoms with Gasteiger partial charge in [0.25, 0.3) is 5.91 Å². The Morgan fingerprint density at radius 1 is 1.12 bits per heavy atom. The van der Waals surface area contributed by atoms with Gasteiger partial charge in [-0.2, -0.15) is 0 Å². The predicted molar refractivity (Wildman–Crippen MR) is 104 cm³/mol. The molecule has 25 heavy (non-hydrogen) atoms. The maximum absolute atomic E-state index is 12.7. The number of hydrogen-bond acceptors (Lipinski definition) is 3. The fraction of sp³-hybridized carbons (Fsp3) is 0.350. The molecule has 0 aliphatic carbocycles. The maximum Gasteiger partial charge on any atom is 0.253 e. The lowest BCUT2D eigenvalue weighted by atomic mass is 10.1. The number of amides is 1. The molecule has 4 nitrogen and oxygen atoms in total. The smallest absolute Gasteiger partial charge is 0.253 e. The Morgan fingerprint density at radius 3 is 2.44 bits per heavy atom. The molecule has 134 valence electrons. The maximum atomic E-state index is 12.7. The first-order valence-corrected chi connectivity index (χ1v) is 8.50. The van der Waals surface area contributed by atoms with E-state index in [2.05, 4.69) is 29.2 Å². The van der Waals surface area contributed by atoms with Gasteiger partial charge in [-0.3, -0.25) is 9.69 Å². The van der Waals surface area contributed by atoms with Gasteiger partial charge in [0.2, 0.25) is 0 Å². The summed E-state index contributed by atoms with van der Waals surface area (Å²) < 4.78 is 0. The monoisotopic (exact) mass is 359 g/mol. The molecule has 1 aliphatic rings. The molecule has 3 rings (SSSR count). The topological polar surface area (TPSA) is 49.6 Å². The van der Waals surface area contributed by atoms with Crippen LogP contribution in [0.3, 0.4) is 0 Å². The Bertz CT molecular complexity index is 675. The first kappa shape index (κ1) is 19.4. The summed E-state index contributed by atoms with van der Waals surface area (Å²) in [6.45, 7) is 3.41. The zero-order chi connectivity index (χ0) is 16.9. The van der Waals surface area contributed by atoms with Crippen LogP contribution in [-0.2, 0) is 13.1 Å². The minimum atomic E-state index is 0. The number of carbonyl (C=O) groups excluding carboxylic acids is 1. The highest BCUT2D eigenvalue weighted by Gasteiger charge is 2.28. The van der Waals surface area contributed by atoms with Crippen LogP contribution in [0.2, 0.25) is 0 Å². The Kier molecular flexibility index (Phi) is 7.00. The number of likely N-dealkylation sites (tertiary alicyclic amines) is 1. The second kappa shape index (κ2) is 8.99. The van der Waals surface area contributed by atoms with Gasteiger partial charge in [0.05, 0.1) is 0 Å². The van der Waals surface area contributed by atoms with Gasteiger partial charge in [-0.15, -0.1) is 12.4 Å². The minimum absolute atomic E-state index is 0. The van der Waals surface area contributed by atoms with Crippen LogP contribution in [0.1, 0.15) is 27.9 Å². The summed E-state index contributed by atoms with van der Waals surface area (Å²) in [6.07, 6.45) is 1.02. The Balaban J connectivity index is 0.00000225. The summed E-state index contributed by atoms with van der Waals surface area (Å²) in [4.78, 5) is 17.0.